The number of aryl methyl sites for hydroxylation is 2. The normalized spacial score (nSPS) is 25.4. The molecule has 0 radical (unpaired) electrons. The number of amides is 1. The summed E-state index contributed by atoms with van der Waals surface area (Å²) in [5.41, 5.74) is 1.50. The Balaban J connectivity index is 1.70. The van der Waals surface area contributed by atoms with Gasteiger partial charge in [-0.2, -0.15) is 5.10 Å². The summed E-state index contributed by atoms with van der Waals surface area (Å²) in [6.07, 6.45) is 5.45. The summed E-state index contributed by atoms with van der Waals surface area (Å²) in [7, 11) is 0. The third kappa shape index (κ3) is 3.81. The van der Waals surface area contributed by atoms with Crippen molar-refractivity contribution >= 4 is 5.91 Å². The number of nitrogens with zero attached hydrogens (tertiary/aromatic N) is 4. The largest absolute Gasteiger partial charge is 0.396 e. The second-order valence-electron chi connectivity index (χ2n) is 7.35. The Bertz CT molecular complexity index is 565. The minimum atomic E-state index is 0.0665. The number of aromatic nitrogens is 2. The van der Waals surface area contributed by atoms with Gasteiger partial charge in [0, 0.05) is 39.0 Å². The molecule has 1 aromatic heterocycles. The Labute approximate surface area is 144 Å². The van der Waals surface area contributed by atoms with Crippen LogP contribution in [0.4, 0.5) is 0 Å². The highest BCUT2D eigenvalue weighted by molar-refractivity contribution is 5.95. The molecule has 1 amide bonds. The molecule has 1 aromatic rings. The third-order valence-electron chi connectivity index (χ3n) is 5.39. The zero-order valence-corrected chi connectivity index (χ0v) is 14.9. The van der Waals surface area contributed by atoms with Crippen molar-refractivity contribution in [1.82, 2.24) is 19.6 Å². The van der Waals surface area contributed by atoms with Crippen molar-refractivity contribution in [1.29, 1.82) is 0 Å². The van der Waals surface area contributed by atoms with Crippen LogP contribution in [0.25, 0.3) is 0 Å². The number of hydrogen-bond donors (Lipinski definition) is 1. The maximum atomic E-state index is 13.0. The molecule has 1 N–H and O–H groups in total. The minimum absolute atomic E-state index is 0.0665. The highest BCUT2D eigenvalue weighted by Gasteiger charge is 2.32. The lowest BCUT2D eigenvalue weighted by Crippen LogP contribution is -2.47. The molecule has 0 bridgehead atoms. The predicted molar refractivity (Wildman–Crippen MR) is 92.9 cm³/mol. The van der Waals surface area contributed by atoms with Crippen LogP contribution in [-0.4, -0.2) is 69.9 Å². The van der Waals surface area contributed by atoms with Crippen LogP contribution in [0.2, 0.25) is 0 Å². The molecule has 0 spiro atoms. The first-order chi connectivity index (χ1) is 11.6. The van der Waals surface area contributed by atoms with E-state index in [0.29, 0.717) is 18.0 Å². The molecular formula is C18H30N4O2. The zero-order valence-electron chi connectivity index (χ0n) is 14.9. The van der Waals surface area contributed by atoms with Crippen LogP contribution < -0.4 is 0 Å². The molecule has 2 fully saturated rings. The molecule has 0 saturated carbocycles. The van der Waals surface area contributed by atoms with E-state index in [0.717, 1.165) is 31.7 Å². The minimum Gasteiger partial charge on any atom is -0.396 e. The fourth-order valence-electron chi connectivity index (χ4n) is 4.14. The van der Waals surface area contributed by atoms with Crippen molar-refractivity contribution in [3.8, 4) is 0 Å². The van der Waals surface area contributed by atoms with Gasteiger partial charge in [0.2, 0.25) is 0 Å². The lowest BCUT2D eigenvalue weighted by atomic mass is 9.89. The molecule has 2 aliphatic rings. The highest BCUT2D eigenvalue weighted by Crippen LogP contribution is 2.25. The summed E-state index contributed by atoms with van der Waals surface area (Å²) in [5, 5.41) is 14.1. The van der Waals surface area contributed by atoms with E-state index >= 15 is 0 Å². The lowest BCUT2D eigenvalue weighted by molar-refractivity contribution is 0.0465. The summed E-state index contributed by atoms with van der Waals surface area (Å²) in [6.45, 7) is 9.70. The second-order valence-corrected chi connectivity index (χ2v) is 7.35. The van der Waals surface area contributed by atoms with E-state index in [1.54, 1.807) is 0 Å². The molecule has 3 rings (SSSR count). The average Bonchev–Trinajstić information content (AvgIpc) is 3.23. The zero-order chi connectivity index (χ0) is 17.1. The van der Waals surface area contributed by atoms with Gasteiger partial charge in [0.1, 0.15) is 0 Å². The van der Waals surface area contributed by atoms with Gasteiger partial charge in [-0.3, -0.25) is 9.48 Å². The summed E-state index contributed by atoms with van der Waals surface area (Å²) in [4.78, 5) is 17.4. The van der Waals surface area contributed by atoms with Gasteiger partial charge >= 0.3 is 0 Å². The van der Waals surface area contributed by atoms with E-state index in [4.69, 9.17) is 0 Å². The number of aliphatic hydroxyl groups is 1. The van der Waals surface area contributed by atoms with Gasteiger partial charge in [-0.05, 0) is 58.0 Å². The van der Waals surface area contributed by atoms with Gasteiger partial charge in [0.05, 0.1) is 11.3 Å². The molecule has 2 aliphatic heterocycles. The molecular weight excluding hydrogens is 304 g/mol. The number of carbonyl (C=O) groups is 1. The number of carbonyl (C=O) groups excluding carboxylic acids is 1. The number of hydrogen-bond acceptors (Lipinski definition) is 4. The first kappa shape index (κ1) is 17.4. The molecule has 6 heteroatoms. The molecule has 24 heavy (non-hydrogen) atoms. The fourth-order valence-corrected chi connectivity index (χ4v) is 4.14. The van der Waals surface area contributed by atoms with Gasteiger partial charge in [-0.1, -0.05) is 0 Å². The number of piperidine rings is 1. The Morgan fingerprint density at radius 1 is 1.29 bits per heavy atom. The van der Waals surface area contributed by atoms with Crippen LogP contribution in [-0.2, 0) is 6.54 Å². The van der Waals surface area contributed by atoms with Crippen molar-refractivity contribution < 1.29 is 9.90 Å². The Morgan fingerprint density at radius 3 is 2.62 bits per heavy atom. The number of aliphatic hydroxyl groups excluding tert-OH is 1. The molecule has 2 atom stereocenters. The summed E-state index contributed by atoms with van der Waals surface area (Å²) in [5.74, 6) is 0.716. The van der Waals surface area contributed by atoms with E-state index < -0.39 is 0 Å². The van der Waals surface area contributed by atoms with Gasteiger partial charge < -0.3 is 14.9 Å². The van der Waals surface area contributed by atoms with Crippen LogP contribution in [0, 0.1) is 18.8 Å². The van der Waals surface area contributed by atoms with E-state index in [-0.39, 0.29) is 18.4 Å². The number of likely N-dealkylation sites (tertiary alicyclic amines) is 2. The van der Waals surface area contributed by atoms with Gasteiger partial charge in [-0.15, -0.1) is 0 Å². The van der Waals surface area contributed by atoms with Crippen molar-refractivity contribution in [3.63, 3.8) is 0 Å². The summed E-state index contributed by atoms with van der Waals surface area (Å²) >= 11 is 0. The van der Waals surface area contributed by atoms with E-state index in [2.05, 4.69) is 10.00 Å². The molecule has 6 nitrogen and oxygen atoms in total. The fraction of sp³-hybridized carbons (Fsp3) is 0.778. The van der Waals surface area contributed by atoms with Crippen LogP contribution >= 0.6 is 0 Å². The first-order valence-electron chi connectivity index (χ1n) is 9.27. The molecule has 0 unspecified atom stereocenters. The van der Waals surface area contributed by atoms with Crippen molar-refractivity contribution in [3.05, 3.63) is 17.5 Å². The monoisotopic (exact) mass is 334 g/mol. The predicted octanol–water partition coefficient (Wildman–Crippen LogP) is 1.38. The van der Waals surface area contributed by atoms with Gasteiger partial charge in [-0.25, -0.2) is 0 Å². The van der Waals surface area contributed by atoms with Crippen LogP contribution in [0.5, 0.6) is 0 Å². The molecule has 0 aliphatic carbocycles. The Hall–Kier alpha value is -1.40. The van der Waals surface area contributed by atoms with Gasteiger partial charge in [0.25, 0.3) is 5.91 Å². The Kier molecular flexibility index (Phi) is 5.56. The van der Waals surface area contributed by atoms with Crippen LogP contribution in [0.3, 0.4) is 0 Å². The summed E-state index contributed by atoms with van der Waals surface area (Å²) < 4.78 is 1.82. The molecule has 134 valence electrons. The SMILES string of the molecule is CCn1cc(C(=O)N2C[C@H](CO)C[C@H](CN3CCCC3)C2)c(C)n1. The third-order valence-corrected chi connectivity index (χ3v) is 5.39. The molecule has 3 heterocycles. The maximum absolute atomic E-state index is 13.0. The topological polar surface area (TPSA) is 61.6 Å². The number of rotatable bonds is 5. The highest BCUT2D eigenvalue weighted by atomic mass is 16.3. The summed E-state index contributed by atoms with van der Waals surface area (Å²) in [6, 6.07) is 0. The molecule has 0 aromatic carbocycles. The smallest absolute Gasteiger partial charge is 0.257 e. The average molecular weight is 334 g/mol. The Morgan fingerprint density at radius 2 is 2.00 bits per heavy atom. The van der Waals surface area contributed by atoms with Crippen LogP contribution in [0.1, 0.15) is 42.2 Å². The lowest BCUT2D eigenvalue weighted by Gasteiger charge is -2.38. The molecule has 2 saturated heterocycles. The maximum Gasteiger partial charge on any atom is 0.257 e. The first-order valence-corrected chi connectivity index (χ1v) is 9.27. The second kappa shape index (κ2) is 7.66. The van der Waals surface area contributed by atoms with Gasteiger partial charge in [0.15, 0.2) is 0 Å². The standard InChI is InChI=1S/C18H30N4O2/c1-3-22-12-17(14(2)19-22)18(24)21-10-15(8-16(11-21)13-23)9-20-6-4-5-7-20/h12,15-16,23H,3-11,13H2,1-2H3/t15-,16-/m1/s1. The van der Waals surface area contributed by atoms with E-state index in [1.807, 2.05) is 29.6 Å². The van der Waals surface area contributed by atoms with Crippen molar-refractivity contribution in [2.24, 2.45) is 11.8 Å². The van der Waals surface area contributed by atoms with E-state index in [9.17, 15) is 9.90 Å². The quantitative estimate of drug-likeness (QED) is 0.884. The van der Waals surface area contributed by atoms with Crippen LogP contribution in [0.15, 0.2) is 6.20 Å². The van der Waals surface area contributed by atoms with Crippen molar-refractivity contribution in [2.75, 3.05) is 39.3 Å². The van der Waals surface area contributed by atoms with Crippen molar-refractivity contribution in [2.45, 2.75) is 39.7 Å². The van der Waals surface area contributed by atoms with E-state index in [1.165, 1.54) is 25.9 Å².